The number of amides is 1. The number of allylic oxidation sites excluding steroid dienone is 1. The van der Waals surface area contributed by atoms with Gasteiger partial charge in [-0.2, -0.15) is 0 Å². The van der Waals surface area contributed by atoms with Crippen molar-refractivity contribution in [3.8, 4) is 0 Å². The fourth-order valence-corrected chi connectivity index (χ4v) is 3.06. The maximum absolute atomic E-state index is 13.2. The topological polar surface area (TPSA) is 49.4 Å². The highest BCUT2D eigenvalue weighted by atomic mass is 35.5. The van der Waals surface area contributed by atoms with Crippen molar-refractivity contribution < 1.29 is 14.0 Å². The molecule has 0 radical (unpaired) electrons. The van der Waals surface area contributed by atoms with Gasteiger partial charge in [-0.1, -0.05) is 23.7 Å². The summed E-state index contributed by atoms with van der Waals surface area (Å²) in [6.45, 7) is 1.74. The van der Waals surface area contributed by atoms with Crippen molar-refractivity contribution in [2.24, 2.45) is 0 Å². The molecule has 25 heavy (non-hydrogen) atoms. The van der Waals surface area contributed by atoms with Gasteiger partial charge < -0.3 is 10.2 Å². The Morgan fingerprint density at radius 2 is 1.68 bits per heavy atom. The van der Waals surface area contributed by atoms with Gasteiger partial charge in [0.05, 0.1) is 11.6 Å². The maximum atomic E-state index is 13.2. The Balaban J connectivity index is 2.02. The van der Waals surface area contributed by atoms with Gasteiger partial charge in [-0.3, -0.25) is 9.59 Å². The van der Waals surface area contributed by atoms with Gasteiger partial charge in [0.25, 0.3) is 11.7 Å². The number of Topliss-reactive ketones (excluding diaryl/α,β-unsaturated/α-hetero) is 1. The van der Waals surface area contributed by atoms with E-state index in [9.17, 15) is 14.0 Å². The Hall–Kier alpha value is -2.66. The lowest BCUT2D eigenvalue weighted by atomic mass is 9.97. The predicted molar refractivity (Wildman–Crippen MR) is 94.7 cm³/mol. The molecule has 1 fully saturated rings. The van der Waals surface area contributed by atoms with E-state index in [1.807, 2.05) is 0 Å². The van der Waals surface area contributed by atoms with E-state index in [0.29, 0.717) is 21.9 Å². The quantitative estimate of drug-likeness (QED) is 0.667. The molecule has 1 N–H and O–H groups in total. The third-order valence-electron chi connectivity index (χ3n) is 4.19. The van der Waals surface area contributed by atoms with Crippen molar-refractivity contribution in [3.05, 3.63) is 76.2 Å². The maximum Gasteiger partial charge on any atom is 0.295 e. The normalized spacial score (nSPS) is 19.4. The van der Waals surface area contributed by atoms with E-state index in [1.165, 1.54) is 17.0 Å². The highest BCUT2D eigenvalue weighted by molar-refractivity contribution is 6.45. The van der Waals surface area contributed by atoms with Gasteiger partial charge in [0, 0.05) is 23.5 Å². The number of carbonyl (C=O) groups is 2. The molecular weight excluding hydrogens is 343 g/mol. The summed E-state index contributed by atoms with van der Waals surface area (Å²) in [5.74, 6) is -1.51. The van der Waals surface area contributed by atoms with Crippen LogP contribution in [-0.2, 0) is 9.59 Å². The number of anilines is 1. The van der Waals surface area contributed by atoms with Crippen LogP contribution < -0.4 is 5.32 Å². The van der Waals surface area contributed by atoms with Gasteiger partial charge >= 0.3 is 0 Å². The minimum Gasteiger partial charge on any atom is -0.359 e. The second-order valence-electron chi connectivity index (χ2n) is 5.87. The highest BCUT2D eigenvalue weighted by Crippen LogP contribution is 2.36. The Labute approximate surface area is 149 Å². The molecule has 1 amide bonds. The molecule has 3 rings (SSSR count). The van der Waals surface area contributed by atoms with E-state index < -0.39 is 17.7 Å². The Morgan fingerprint density at radius 3 is 2.28 bits per heavy atom. The van der Waals surface area contributed by atoms with Gasteiger partial charge in [0.15, 0.2) is 0 Å². The molecule has 2 aromatic rings. The first-order valence-corrected chi connectivity index (χ1v) is 8.06. The first-order chi connectivity index (χ1) is 11.9. The number of rotatable bonds is 3. The molecule has 4 nitrogen and oxygen atoms in total. The van der Waals surface area contributed by atoms with E-state index in [2.05, 4.69) is 5.32 Å². The zero-order valence-electron chi connectivity index (χ0n) is 13.7. The minimum atomic E-state index is -0.582. The van der Waals surface area contributed by atoms with Crippen LogP contribution in [0.3, 0.4) is 0 Å². The number of ketones is 1. The van der Waals surface area contributed by atoms with Gasteiger partial charge in [0.2, 0.25) is 0 Å². The van der Waals surface area contributed by atoms with Crippen LogP contribution in [0, 0.1) is 5.82 Å². The molecule has 0 bridgehead atoms. The average Bonchev–Trinajstić information content (AvgIpc) is 2.82. The molecule has 0 aliphatic carbocycles. The third kappa shape index (κ3) is 3.28. The number of nitrogens with zero attached hydrogens (tertiary/aromatic N) is 1. The lowest BCUT2D eigenvalue weighted by Crippen LogP contribution is -2.24. The van der Waals surface area contributed by atoms with Gasteiger partial charge in [-0.25, -0.2) is 4.39 Å². The summed E-state index contributed by atoms with van der Waals surface area (Å²) >= 11 is 5.88. The molecule has 1 unspecified atom stereocenters. The van der Waals surface area contributed by atoms with Crippen LogP contribution >= 0.6 is 11.6 Å². The van der Waals surface area contributed by atoms with E-state index in [-0.39, 0.29) is 5.82 Å². The molecule has 1 heterocycles. The molecule has 0 aromatic heterocycles. The van der Waals surface area contributed by atoms with Crippen molar-refractivity contribution in [1.82, 2.24) is 4.90 Å². The van der Waals surface area contributed by atoms with Crippen LogP contribution in [-0.4, -0.2) is 23.6 Å². The Kier molecular flexibility index (Phi) is 4.59. The van der Waals surface area contributed by atoms with Crippen LogP contribution in [0.15, 0.2) is 59.8 Å². The number of hydrogen-bond acceptors (Lipinski definition) is 3. The molecule has 0 spiro atoms. The molecule has 1 aliphatic heterocycles. The van der Waals surface area contributed by atoms with E-state index in [1.54, 1.807) is 50.4 Å². The van der Waals surface area contributed by atoms with Gasteiger partial charge in [-0.05, 0) is 48.9 Å². The molecule has 1 saturated heterocycles. The SMILES string of the molecule is C/C(Nc1ccc(Cl)cc1)=C1/C(=O)C(=O)N(C)C1c1ccc(F)cc1. The lowest BCUT2D eigenvalue weighted by molar-refractivity contribution is -0.139. The molecular formula is C19H16ClFN2O2. The second kappa shape index (κ2) is 6.69. The number of benzene rings is 2. The highest BCUT2D eigenvalue weighted by Gasteiger charge is 2.42. The largest absolute Gasteiger partial charge is 0.359 e. The molecule has 128 valence electrons. The molecule has 0 saturated carbocycles. The lowest BCUT2D eigenvalue weighted by Gasteiger charge is -2.22. The van der Waals surface area contributed by atoms with Gasteiger partial charge in [-0.15, -0.1) is 0 Å². The summed E-state index contributed by atoms with van der Waals surface area (Å²) in [5.41, 5.74) is 2.35. The van der Waals surface area contributed by atoms with E-state index >= 15 is 0 Å². The van der Waals surface area contributed by atoms with Crippen molar-refractivity contribution in [2.45, 2.75) is 13.0 Å². The van der Waals surface area contributed by atoms with Crippen LogP contribution in [0.2, 0.25) is 5.02 Å². The summed E-state index contributed by atoms with van der Waals surface area (Å²) in [6, 6.07) is 12.3. The monoisotopic (exact) mass is 358 g/mol. The standard InChI is InChI=1S/C19H16ClFN2O2/c1-11(22-15-9-5-13(20)6-10-15)16-17(23(2)19(25)18(16)24)12-3-7-14(21)8-4-12/h3-10,17,22H,1-2H3/b16-11-. The van der Waals surface area contributed by atoms with Crippen LogP contribution in [0.5, 0.6) is 0 Å². The summed E-state index contributed by atoms with van der Waals surface area (Å²) in [6.07, 6.45) is 0. The second-order valence-corrected chi connectivity index (χ2v) is 6.31. The van der Waals surface area contributed by atoms with E-state index in [0.717, 1.165) is 5.69 Å². The first kappa shape index (κ1) is 17.2. The predicted octanol–water partition coefficient (Wildman–Crippen LogP) is 3.95. The Morgan fingerprint density at radius 1 is 1.08 bits per heavy atom. The van der Waals surface area contributed by atoms with Crippen LogP contribution in [0.4, 0.5) is 10.1 Å². The summed E-state index contributed by atoms with van der Waals surface area (Å²) in [4.78, 5) is 26.0. The number of halogens is 2. The van der Waals surface area contributed by atoms with Crippen LogP contribution in [0.25, 0.3) is 0 Å². The number of nitrogens with one attached hydrogen (secondary N) is 1. The smallest absolute Gasteiger partial charge is 0.295 e. The molecule has 1 atom stereocenters. The Bertz CT molecular complexity index is 860. The summed E-state index contributed by atoms with van der Waals surface area (Å²) in [7, 11) is 1.57. The summed E-state index contributed by atoms with van der Waals surface area (Å²) in [5, 5.41) is 3.74. The average molecular weight is 359 g/mol. The zero-order chi connectivity index (χ0) is 18.1. The summed E-state index contributed by atoms with van der Waals surface area (Å²) < 4.78 is 13.2. The first-order valence-electron chi connectivity index (χ1n) is 7.69. The number of carbonyl (C=O) groups excluding carboxylic acids is 2. The molecule has 6 heteroatoms. The van der Waals surface area contributed by atoms with Crippen molar-refractivity contribution in [2.75, 3.05) is 12.4 Å². The minimum absolute atomic E-state index is 0.356. The van der Waals surface area contributed by atoms with Crippen molar-refractivity contribution in [1.29, 1.82) is 0 Å². The number of hydrogen-bond donors (Lipinski definition) is 1. The van der Waals surface area contributed by atoms with Crippen LogP contribution in [0.1, 0.15) is 18.5 Å². The zero-order valence-corrected chi connectivity index (χ0v) is 14.5. The fraction of sp³-hybridized carbons (Fsp3) is 0.158. The third-order valence-corrected chi connectivity index (χ3v) is 4.44. The molecule has 1 aliphatic rings. The number of likely N-dealkylation sites (tertiary alicyclic amines) is 1. The number of likely N-dealkylation sites (N-methyl/N-ethyl adjacent to an activating group) is 1. The molecule has 2 aromatic carbocycles. The fourth-order valence-electron chi connectivity index (χ4n) is 2.94. The van der Waals surface area contributed by atoms with Gasteiger partial charge in [0.1, 0.15) is 5.82 Å². The van der Waals surface area contributed by atoms with Crippen molar-refractivity contribution in [3.63, 3.8) is 0 Å². The van der Waals surface area contributed by atoms with E-state index in [4.69, 9.17) is 11.6 Å². The van der Waals surface area contributed by atoms with Crippen molar-refractivity contribution >= 4 is 29.0 Å².